The first kappa shape index (κ1) is 7.45. The number of rotatable bonds is 4. The van der Waals surface area contributed by atoms with E-state index in [4.69, 9.17) is 5.53 Å². The van der Waals surface area contributed by atoms with Gasteiger partial charge in [0.25, 0.3) is 0 Å². The van der Waals surface area contributed by atoms with Crippen molar-refractivity contribution in [3.63, 3.8) is 0 Å². The standard InChI is InChI=1S/C8H14N2/c1-2-7-6-8(7)4-3-5-10-9/h3-4,7-9H,2,5-6H2,1H3/t7-,8?/m0/s1. The Morgan fingerprint density at radius 1 is 1.70 bits per heavy atom. The fourth-order valence-corrected chi connectivity index (χ4v) is 1.26. The third-order valence-corrected chi connectivity index (χ3v) is 2.08. The van der Waals surface area contributed by atoms with Crippen LogP contribution in [0.15, 0.2) is 17.3 Å². The minimum atomic E-state index is 0.562. The molecule has 0 heterocycles. The second-order valence-electron chi connectivity index (χ2n) is 2.84. The van der Waals surface area contributed by atoms with Crippen LogP contribution in [0, 0.1) is 17.4 Å². The molecular weight excluding hydrogens is 124 g/mol. The minimum Gasteiger partial charge on any atom is -0.210 e. The van der Waals surface area contributed by atoms with E-state index >= 15 is 0 Å². The predicted molar refractivity (Wildman–Crippen MR) is 41.0 cm³/mol. The van der Waals surface area contributed by atoms with E-state index in [0.717, 1.165) is 11.8 Å². The molecular formula is C8H14N2. The first-order chi connectivity index (χ1) is 4.88. The van der Waals surface area contributed by atoms with Crippen molar-refractivity contribution in [2.75, 3.05) is 6.54 Å². The van der Waals surface area contributed by atoms with Crippen LogP contribution in [-0.4, -0.2) is 6.54 Å². The minimum absolute atomic E-state index is 0.562. The summed E-state index contributed by atoms with van der Waals surface area (Å²) in [6, 6.07) is 0. The Bertz CT molecular complexity index is 140. The highest BCUT2D eigenvalue weighted by Crippen LogP contribution is 2.41. The van der Waals surface area contributed by atoms with Crippen molar-refractivity contribution in [1.29, 1.82) is 5.53 Å². The van der Waals surface area contributed by atoms with E-state index in [1.165, 1.54) is 12.8 Å². The molecule has 0 amide bonds. The monoisotopic (exact) mass is 138 g/mol. The van der Waals surface area contributed by atoms with E-state index in [9.17, 15) is 0 Å². The summed E-state index contributed by atoms with van der Waals surface area (Å²) in [7, 11) is 0. The molecule has 1 rings (SSSR count). The zero-order valence-electron chi connectivity index (χ0n) is 6.38. The first-order valence-electron chi connectivity index (χ1n) is 3.88. The number of hydrogen-bond donors (Lipinski definition) is 1. The Labute approximate surface area is 61.8 Å². The Hall–Kier alpha value is -0.660. The van der Waals surface area contributed by atoms with Crippen LogP contribution in [-0.2, 0) is 0 Å². The summed E-state index contributed by atoms with van der Waals surface area (Å²) < 4.78 is 0. The van der Waals surface area contributed by atoms with Crippen molar-refractivity contribution >= 4 is 0 Å². The van der Waals surface area contributed by atoms with Crippen LogP contribution in [0.4, 0.5) is 0 Å². The van der Waals surface area contributed by atoms with Crippen LogP contribution in [0.1, 0.15) is 19.8 Å². The number of allylic oxidation sites excluding steroid dienone is 1. The maximum atomic E-state index is 6.54. The van der Waals surface area contributed by atoms with Crippen LogP contribution in [0.25, 0.3) is 0 Å². The molecule has 0 aliphatic heterocycles. The van der Waals surface area contributed by atoms with Crippen LogP contribution in [0.5, 0.6) is 0 Å². The van der Waals surface area contributed by atoms with Gasteiger partial charge < -0.3 is 0 Å². The van der Waals surface area contributed by atoms with Crippen molar-refractivity contribution in [2.24, 2.45) is 17.0 Å². The quantitative estimate of drug-likeness (QED) is 0.458. The molecule has 10 heavy (non-hydrogen) atoms. The summed E-state index contributed by atoms with van der Waals surface area (Å²) in [5.41, 5.74) is 6.54. The molecule has 1 aliphatic rings. The smallest absolute Gasteiger partial charge is 0.0777 e. The Morgan fingerprint density at radius 2 is 2.50 bits per heavy atom. The van der Waals surface area contributed by atoms with Crippen LogP contribution >= 0.6 is 0 Å². The molecule has 0 spiro atoms. The fourth-order valence-electron chi connectivity index (χ4n) is 1.26. The van der Waals surface area contributed by atoms with Gasteiger partial charge in [0.05, 0.1) is 6.54 Å². The van der Waals surface area contributed by atoms with Gasteiger partial charge in [-0.05, 0) is 18.3 Å². The Balaban J connectivity index is 2.10. The van der Waals surface area contributed by atoms with E-state index in [2.05, 4.69) is 18.1 Å². The lowest BCUT2D eigenvalue weighted by Crippen LogP contribution is -1.75. The molecule has 0 aromatic rings. The van der Waals surface area contributed by atoms with Gasteiger partial charge in [0, 0.05) is 0 Å². The van der Waals surface area contributed by atoms with E-state index < -0.39 is 0 Å². The van der Waals surface area contributed by atoms with Crippen molar-refractivity contribution in [3.8, 4) is 0 Å². The van der Waals surface area contributed by atoms with Crippen LogP contribution in [0.3, 0.4) is 0 Å². The third-order valence-electron chi connectivity index (χ3n) is 2.08. The molecule has 1 aliphatic carbocycles. The lowest BCUT2D eigenvalue weighted by atomic mass is 10.2. The summed E-state index contributed by atoms with van der Waals surface area (Å²) in [6.07, 6.45) is 6.84. The summed E-state index contributed by atoms with van der Waals surface area (Å²) in [4.78, 5) is 0. The number of hydrogen-bond acceptors (Lipinski definition) is 2. The zero-order valence-corrected chi connectivity index (χ0v) is 6.38. The summed E-state index contributed by atoms with van der Waals surface area (Å²) in [6.45, 7) is 2.79. The Kier molecular flexibility index (Phi) is 2.60. The van der Waals surface area contributed by atoms with Gasteiger partial charge in [0.15, 0.2) is 0 Å². The second kappa shape index (κ2) is 3.49. The van der Waals surface area contributed by atoms with Crippen LogP contribution in [0.2, 0.25) is 0 Å². The van der Waals surface area contributed by atoms with Gasteiger partial charge in [-0.2, -0.15) is 5.11 Å². The molecule has 0 bridgehead atoms. The van der Waals surface area contributed by atoms with E-state index in [-0.39, 0.29) is 0 Å². The maximum Gasteiger partial charge on any atom is 0.0777 e. The van der Waals surface area contributed by atoms with Gasteiger partial charge in [-0.3, -0.25) is 0 Å². The van der Waals surface area contributed by atoms with Gasteiger partial charge in [0.2, 0.25) is 0 Å². The second-order valence-corrected chi connectivity index (χ2v) is 2.84. The highest BCUT2D eigenvalue weighted by molar-refractivity contribution is 5.01. The first-order valence-corrected chi connectivity index (χ1v) is 3.88. The summed E-state index contributed by atoms with van der Waals surface area (Å²) in [5, 5.41) is 3.25. The van der Waals surface area contributed by atoms with Gasteiger partial charge >= 0.3 is 0 Å². The normalized spacial score (nSPS) is 30.9. The molecule has 1 saturated carbocycles. The van der Waals surface area contributed by atoms with Gasteiger partial charge in [-0.25, -0.2) is 5.53 Å². The fraction of sp³-hybridized carbons (Fsp3) is 0.750. The SMILES string of the molecule is CC[C@H]1CC1C=CCN=N. The molecule has 2 atom stereocenters. The molecule has 0 saturated heterocycles. The molecule has 0 aromatic heterocycles. The Morgan fingerprint density at radius 3 is 3.00 bits per heavy atom. The molecule has 1 N–H and O–H groups in total. The lowest BCUT2D eigenvalue weighted by molar-refractivity contribution is 0.754. The van der Waals surface area contributed by atoms with Crippen molar-refractivity contribution in [2.45, 2.75) is 19.8 Å². The molecule has 56 valence electrons. The maximum absolute atomic E-state index is 6.54. The largest absolute Gasteiger partial charge is 0.210 e. The van der Waals surface area contributed by atoms with E-state index in [1.54, 1.807) is 0 Å². The highest BCUT2D eigenvalue weighted by atomic mass is 14.9. The zero-order chi connectivity index (χ0) is 7.40. The lowest BCUT2D eigenvalue weighted by Gasteiger charge is -1.84. The molecule has 0 radical (unpaired) electrons. The average molecular weight is 138 g/mol. The average Bonchev–Trinajstić information content (AvgIpc) is 2.68. The van der Waals surface area contributed by atoms with Gasteiger partial charge in [0.1, 0.15) is 0 Å². The van der Waals surface area contributed by atoms with Crippen LogP contribution < -0.4 is 0 Å². The topological polar surface area (TPSA) is 36.2 Å². The molecule has 2 heteroatoms. The third kappa shape index (κ3) is 1.94. The highest BCUT2D eigenvalue weighted by Gasteiger charge is 2.32. The van der Waals surface area contributed by atoms with E-state index in [1.807, 2.05) is 6.08 Å². The number of nitrogens with one attached hydrogen (secondary N) is 1. The van der Waals surface area contributed by atoms with Gasteiger partial charge in [-0.15, -0.1) is 0 Å². The number of nitrogens with zero attached hydrogens (tertiary/aromatic N) is 1. The van der Waals surface area contributed by atoms with Crippen molar-refractivity contribution in [3.05, 3.63) is 12.2 Å². The molecule has 1 fully saturated rings. The molecule has 2 nitrogen and oxygen atoms in total. The summed E-state index contributed by atoms with van der Waals surface area (Å²) >= 11 is 0. The predicted octanol–water partition coefficient (Wildman–Crippen LogP) is 2.62. The summed E-state index contributed by atoms with van der Waals surface area (Å²) in [5.74, 6) is 1.74. The molecule has 1 unspecified atom stereocenters. The van der Waals surface area contributed by atoms with Crippen molar-refractivity contribution in [1.82, 2.24) is 0 Å². The van der Waals surface area contributed by atoms with Crippen molar-refractivity contribution < 1.29 is 0 Å². The molecule has 0 aromatic carbocycles. The van der Waals surface area contributed by atoms with E-state index in [0.29, 0.717) is 6.54 Å². The van der Waals surface area contributed by atoms with Gasteiger partial charge in [-0.1, -0.05) is 25.5 Å².